The summed E-state index contributed by atoms with van der Waals surface area (Å²) in [5.74, 6) is -8.72. The predicted octanol–water partition coefficient (Wildman–Crippen LogP) is 3.13. The van der Waals surface area contributed by atoms with Crippen molar-refractivity contribution in [3.8, 4) is 0 Å². The number of carboxylic acids is 1. The van der Waals surface area contributed by atoms with E-state index in [1.165, 1.54) is 0 Å². The van der Waals surface area contributed by atoms with Gasteiger partial charge in [0, 0.05) is 5.56 Å². The van der Waals surface area contributed by atoms with Crippen LogP contribution in [0.5, 0.6) is 0 Å². The first-order valence-electron chi connectivity index (χ1n) is 4.06. The van der Waals surface area contributed by atoms with Crippen LogP contribution in [0.25, 0.3) is 0 Å². The standard InChI is InChI=1S/C9H4F6O2/c1-2-5(10)3(8(16)17)7(12)4(6(2)11)9(13,14)15/h1H3,(H,16,17). The van der Waals surface area contributed by atoms with Gasteiger partial charge in [-0.3, -0.25) is 0 Å². The molecule has 0 saturated carbocycles. The summed E-state index contributed by atoms with van der Waals surface area (Å²) in [7, 11) is 0. The number of alkyl halides is 3. The Kier molecular flexibility index (Phi) is 3.09. The largest absolute Gasteiger partial charge is 0.477 e. The molecule has 0 aliphatic carbocycles. The lowest BCUT2D eigenvalue weighted by atomic mass is 10.0. The molecule has 0 radical (unpaired) electrons. The summed E-state index contributed by atoms with van der Waals surface area (Å²) in [5, 5.41) is 8.38. The van der Waals surface area contributed by atoms with Crippen molar-refractivity contribution in [3.63, 3.8) is 0 Å². The van der Waals surface area contributed by atoms with Gasteiger partial charge < -0.3 is 5.11 Å². The van der Waals surface area contributed by atoms with E-state index < -0.39 is 46.3 Å². The van der Waals surface area contributed by atoms with Crippen molar-refractivity contribution in [1.29, 1.82) is 0 Å². The van der Waals surface area contributed by atoms with E-state index >= 15 is 0 Å². The topological polar surface area (TPSA) is 37.3 Å². The van der Waals surface area contributed by atoms with Crippen LogP contribution in [-0.2, 0) is 6.18 Å². The summed E-state index contributed by atoms with van der Waals surface area (Å²) in [5.41, 5.74) is -5.43. The van der Waals surface area contributed by atoms with E-state index in [4.69, 9.17) is 5.11 Å². The number of hydrogen-bond acceptors (Lipinski definition) is 1. The molecule has 0 aliphatic rings. The lowest BCUT2D eigenvalue weighted by Crippen LogP contribution is -2.18. The van der Waals surface area contributed by atoms with Gasteiger partial charge in [-0.1, -0.05) is 0 Å². The smallest absolute Gasteiger partial charge is 0.422 e. The first kappa shape index (κ1) is 13.3. The maximum absolute atomic E-state index is 13.1. The molecule has 1 aromatic rings. The number of hydrogen-bond donors (Lipinski definition) is 1. The second-order valence-electron chi connectivity index (χ2n) is 3.12. The van der Waals surface area contributed by atoms with Crippen LogP contribution in [0.3, 0.4) is 0 Å². The molecule has 0 saturated heterocycles. The maximum atomic E-state index is 13.1. The fourth-order valence-electron chi connectivity index (χ4n) is 1.23. The molecular weight excluding hydrogens is 254 g/mol. The van der Waals surface area contributed by atoms with Crippen LogP contribution in [-0.4, -0.2) is 11.1 Å². The summed E-state index contributed by atoms with van der Waals surface area (Å²) >= 11 is 0. The van der Waals surface area contributed by atoms with Gasteiger partial charge in [0.1, 0.15) is 22.8 Å². The summed E-state index contributed by atoms with van der Waals surface area (Å²) in [6, 6.07) is 0. The second-order valence-corrected chi connectivity index (χ2v) is 3.12. The van der Waals surface area contributed by atoms with Gasteiger partial charge in [-0.15, -0.1) is 0 Å². The lowest BCUT2D eigenvalue weighted by Gasteiger charge is -2.13. The molecule has 0 fully saturated rings. The first-order valence-corrected chi connectivity index (χ1v) is 4.06. The van der Waals surface area contributed by atoms with Gasteiger partial charge in [-0.25, -0.2) is 18.0 Å². The number of carboxylic acid groups (broad SMARTS) is 1. The van der Waals surface area contributed by atoms with E-state index in [0.717, 1.165) is 0 Å². The molecule has 1 N–H and O–H groups in total. The highest BCUT2D eigenvalue weighted by molar-refractivity contribution is 5.89. The van der Waals surface area contributed by atoms with Crippen LogP contribution < -0.4 is 0 Å². The minimum absolute atomic E-state index is 0.589. The molecule has 17 heavy (non-hydrogen) atoms. The Morgan fingerprint density at radius 2 is 1.53 bits per heavy atom. The molecular formula is C9H4F6O2. The number of carbonyl (C=O) groups is 1. The van der Waals surface area contributed by atoms with Crippen molar-refractivity contribution in [2.75, 3.05) is 0 Å². The second kappa shape index (κ2) is 3.94. The highest BCUT2D eigenvalue weighted by Crippen LogP contribution is 2.37. The van der Waals surface area contributed by atoms with Crippen LogP contribution in [0.4, 0.5) is 26.3 Å². The molecule has 94 valence electrons. The summed E-state index contributed by atoms with van der Waals surface area (Å²) < 4.78 is 76.1. The normalized spacial score (nSPS) is 11.7. The van der Waals surface area contributed by atoms with E-state index in [-0.39, 0.29) is 0 Å². The number of aromatic carboxylic acids is 1. The van der Waals surface area contributed by atoms with Gasteiger partial charge in [0.05, 0.1) is 0 Å². The van der Waals surface area contributed by atoms with Crippen molar-refractivity contribution in [2.45, 2.75) is 13.1 Å². The van der Waals surface area contributed by atoms with E-state index in [9.17, 15) is 31.1 Å². The monoisotopic (exact) mass is 258 g/mol. The molecule has 0 amide bonds. The van der Waals surface area contributed by atoms with E-state index in [0.29, 0.717) is 6.92 Å². The van der Waals surface area contributed by atoms with E-state index in [1.54, 1.807) is 0 Å². The SMILES string of the molecule is Cc1c(F)c(C(=O)O)c(F)c(C(F)(F)F)c1F. The molecule has 0 aromatic heterocycles. The van der Waals surface area contributed by atoms with Crippen molar-refractivity contribution in [2.24, 2.45) is 0 Å². The molecule has 0 heterocycles. The highest BCUT2D eigenvalue weighted by Gasteiger charge is 2.42. The van der Waals surface area contributed by atoms with Crippen molar-refractivity contribution in [1.82, 2.24) is 0 Å². The first-order chi connectivity index (χ1) is 7.59. The minimum Gasteiger partial charge on any atom is -0.477 e. The fraction of sp³-hybridized carbons (Fsp3) is 0.222. The zero-order valence-corrected chi connectivity index (χ0v) is 8.12. The van der Waals surface area contributed by atoms with Crippen LogP contribution in [0.1, 0.15) is 21.5 Å². The number of rotatable bonds is 1. The maximum Gasteiger partial charge on any atom is 0.422 e. The van der Waals surface area contributed by atoms with Crippen LogP contribution in [0.2, 0.25) is 0 Å². The van der Waals surface area contributed by atoms with Crippen molar-refractivity contribution in [3.05, 3.63) is 34.1 Å². The van der Waals surface area contributed by atoms with E-state index in [2.05, 4.69) is 0 Å². The minimum atomic E-state index is -5.45. The third-order valence-corrected chi connectivity index (χ3v) is 2.03. The van der Waals surface area contributed by atoms with Crippen molar-refractivity contribution < 1.29 is 36.2 Å². The van der Waals surface area contributed by atoms with Gasteiger partial charge in [0.2, 0.25) is 0 Å². The molecule has 0 unspecified atom stereocenters. The average molecular weight is 258 g/mol. The van der Waals surface area contributed by atoms with Gasteiger partial charge >= 0.3 is 12.1 Å². The van der Waals surface area contributed by atoms with Gasteiger partial charge in [0.15, 0.2) is 5.82 Å². The summed E-state index contributed by atoms with van der Waals surface area (Å²) in [6.07, 6.45) is -5.45. The Morgan fingerprint density at radius 1 is 1.06 bits per heavy atom. The molecule has 1 rings (SSSR count). The molecule has 0 bridgehead atoms. The zero-order valence-electron chi connectivity index (χ0n) is 8.12. The van der Waals surface area contributed by atoms with Crippen molar-refractivity contribution >= 4 is 5.97 Å². The Morgan fingerprint density at radius 3 is 1.88 bits per heavy atom. The van der Waals surface area contributed by atoms with E-state index in [1.807, 2.05) is 0 Å². The number of halogens is 6. The van der Waals surface area contributed by atoms with Crippen LogP contribution in [0, 0.1) is 24.4 Å². The third kappa shape index (κ3) is 2.06. The van der Waals surface area contributed by atoms with Gasteiger partial charge in [-0.05, 0) is 6.92 Å². The third-order valence-electron chi connectivity index (χ3n) is 2.03. The molecule has 0 aliphatic heterocycles. The quantitative estimate of drug-likeness (QED) is 0.786. The fourth-order valence-corrected chi connectivity index (χ4v) is 1.23. The molecule has 2 nitrogen and oxygen atoms in total. The molecule has 0 spiro atoms. The summed E-state index contributed by atoms with van der Waals surface area (Å²) in [6.45, 7) is 0.589. The summed E-state index contributed by atoms with van der Waals surface area (Å²) in [4.78, 5) is 10.4. The van der Waals surface area contributed by atoms with Gasteiger partial charge in [-0.2, -0.15) is 13.2 Å². The molecule has 1 aromatic carbocycles. The molecule has 0 atom stereocenters. The van der Waals surface area contributed by atoms with Crippen LogP contribution in [0.15, 0.2) is 0 Å². The predicted molar refractivity (Wildman–Crippen MR) is 43.0 cm³/mol. The average Bonchev–Trinajstić information content (AvgIpc) is 2.11. The highest BCUT2D eigenvalue weighted by atomic mass is 19.4. The lowest BCUT2D eigenvalue weighted by molar-refractivity contribution is -0.142. The Hall–Kier alpha value is -1.73. The number of benzene rings is 1. The van der Waals surface area contributed by atoms with Crippen LogP contribution >= 0.6 is 0 Å². The Balaban J connectivity index is 3.81. The molecule has 8 heteroatoms. The Labute approximate surface area is 90.5 Å². The Bertz CT molecular complexity index is 491. The zero-order chi connectivity index (χ0) is 13.5. The van der Waals surface area contributed by atoms with Gasteiger partial charge in [0.25, 0.3) is 0 Å².